The Morgan fingerprint density at radius 2 is 2.31 bits per heavy atom. The van der Waals surface area contributed by atoms with Crippen molar-refractivity contribution in [3.8, 4) is 0 Å². The Morgan fingerprint density at radius 3 is 2.88 bits per heavy atom. The molecule has 1 aromatic carbocycles. The molecule has 0 aromatic heterocycles. The van der Waals surface area contributed by atoms with Crippen molar-refractivity contribution < 1.29 is 4.92 Å². The van der Waals surface area contributed by atoms with Gasteiger partial charge in [-0.3, -0.25) is 10.1 Å². The SMILES string of the molecule is CCC1C(=S)Nc2cc([N+](=O)[O-])c(N)cc21. The lowest BCUT2D eigenvalue weighted by Crippen LogP contribution is -2.07. The minimum Gasteiger partial charge on any atom is -0.393 e. The number of anilines is 2. The van der Waals surface area contributed by atoms with Gasteiger partial charge in [0.1, 0.15) is 5.69 Å². The van der Waals surface area contributed by atoms with Crippen molar-refractivity contribution >= 4 is 34.3 Å². The second kappa shape index (κ2) is 3.71. The van der Waals surface area contributed by atoms with E-state index in [4.69, 9.17) is 18.0 Å². The van der Waals surface area contributed by atoms with E-state index in [0.717, 1.165) is 12.0 Å². The molecule has 0 saturated carbocycles. The Balaban J connectivity index is 2.55. The molecule has 1 aromatic rings. The molecule has 6 heteroatoms. The van der Waals surface area contributed by atoms with Crippen LogP contribution in [0.2, 0.25) is 0 Å². The predicted molar refractivity (Wildman–Crippen MR) is 66.8 cm³/mol. The number of nitrogen functional groups attached to an aromatic ring is 1. The number of nitro benzene ring substituents is 1. The van der Waals surface area contributed by atoms with E-state index < -0.39 is 4.92 Å². The van der Waals surface area contributed by atoms with Gasteiger partial charge in [0, 0.05) is 17.7 Å². The van der Waals surface area contributed by atoms with Crippen LogP contribution in [0.3, 0.4) is 0 Å². The first-order valence-corrected chi connectivity index (χ1v) is 5.34. The second-order valence-corrected chi connectivity index (χ2v) is 4.15. The summed E-state index contributed by atoms with van der Waals surface area (Å²) in [5.41, 5.74) is 7.42. The summed E-state index contributed by atoms with van der Waals surface area (Å²) in [5.74, 6) is 0.119. The third-order valence-electron chi connectivity index (χ3n) is 2.75. The standard InChI is InChI=1S/C10H11N3O2S/c1-2-5-6-3-7(11)9(13(14)15)4-8(6)12-10(5)16/h3-5H,2,11H2,1H3,(H,12,16). The van der Waals surface area contributed by atoms with E-state index in [9.17, 15) is 10.1 Å². The molecule has 1 aliphatic rings. The van der Waals surface area contributed by atoms with Crippen LogP contribution in [-0.4, -0.2) is 9.91 Å². The third kappa shape index (κ3) is 1.51. The van der Waals surface area contributed by atoms with Crippen LogP contribution in [0.25, 0.3) is 0 Å². The third-order valence-corrected chi connectivity index (χ3v) is 3.14. The molecule has 0 saturated heterocycles. The molecule has 1 heterocycles. The average molecular weight is 237 g/mol. The second-order valence-electron chi connectivity index (χ2n) is 3.71. The Morgan fingerprint density at radius 1 is 1.62 bits per heavy atom. The van der Waals surface area contributed by atoms with Crippen LogP contribution < -0.4 is 11.1 Å². The highest BCUT2D eigenvalue weighted by Gasteiger charge is 2.29. The van der Waals surface area contributed by atoms with Crippen molar-refractivity contribution in [2.45, 2.75) is 19.3 Å². The number of fused-ring (bicyclic) bond motifs is 1. The summed E-state index contributed by atoms with van der Waals surface area (Å²) < 4.78 is 0. The molecule has 1 atom stereocenters. The van der Waals surface area contributed by atoms with Crippen molar-refractivity contribution in [1.29, 1.82) is 0 Å². The van der Waals surface area contributed by atoms with Gasteiger partial charge in [0.15, 0.2) is 0 Å². The van der Waals surface area contributed by atoms with Crippen LogP contribution in [0.5, 0.6) is 0 Å². The van der Waals surface area contributed by atoms with Gasteiger partial charge in [0.2, 0.25) is 0 Å². The molecule has 0 aliphatic carbocycles. The number of nitrogens with zero attached hydrogens (tertiary/aromatic N) is 1. The molecule has 1 aliphatic heterocycles. The highest BCUT2D eigenvalue weighted by atomic mass is 32.1. The van der Waals surface area contributed by atoms with E-state index in [-0.39, 0.29) is 17.3 Å². The van der Waals surface area contributed by atoms with Crippen molar-refractivity contribution in [3.63, 3.8) is 0 Å². The Labute approximate surface area is 97.8 Å². The van der Waals surface area contributed by atoms with Gasteiger partial charge in [-0.05, 0) is 18.1 Å². The van der Waals surface area contributed by atoms with Crippen LogP contribution >= 0.6 is 12.2 Å². The molecule has 2 rings (SSSR count). The lowest BCUT2D eigenvalue weighted by atomic mass is 9.98. The molecule has 0 radical (unpaired) electrons. The van der Waals surface area contributed by atoms with Crippen LogP contribution in [0.15, 0.2) is 12.1 Å². The summed E-state index contributed by atoms with van der Waals surface area (Å²) in [6.45, 7) is 2.02. The molecule has 0 amide bonds. The van der Waals surface area contributed by atoms with E-state index in [1.165, 1.54) is 6.07 Å². The monoisotopic (exact) mass is 237 g/mol. The Kier molecular flexibility index (Phi) is 2.51. The van der Waals surface area contributed by atoms with E-state index >= 15 is 0 Å². The van der Waals surface area contributed by atoms with E-state index in [0.29, 0.717) is 10.7 Å². The van der Waals surface area contributed by atoms with E-state index in [1.807, 2.05) is 6.92 Å². The van der Waals surface area contributed by atoms with Gasteiger partial charge in [-0.15, -0.1) is 0 Å². The summed E-state index contributed by atoms with van der Waals surface area (Å²) in [6, 6.07) is 3.10. The largest absolute Gasteiger partial charge is 0.393 e. The molecular weight excluding hydrogens is 226 g/mol. The van der Waals surface area contributed by atoms with Gasteiger partial charge < -0.3 is 11.1 Å². The van der Waals surface area contributed by atoms with Gasteiger partial charge in [-0.2, -0.15) is 0 Å². The molecular formula is C10H11N3O2S. The number of thiocarbonyl (C=S) groups is 1. The number of nitrogens with one attached hydrogen (secondary N) is 1. The minimum absolute atomic E-state index is 0.0780. The first-order chi connectivity index (χ1) is 7.54. The van der Waals surface area contributed by atoms with Crippen LogP contribution in [-0.2, 0) is 0 Å². The van der Waals surface area contributed by atoms with Crippen molar-refractivity contribution in [2.24, 2.45) is 0 Å². The summed E-state index contributed by atoms with van der Waals surface area (Å²) in [7, 11) is 0. The first kappa shape index (κ1) is 10.8. The fourth-order valence-electron chi connectivity index (χ4n) is 1.94. The molecule has 0 fully saturated rings. The molecule has 1 unspecified atom stereocenters. The van der Waals surface area contributed by atoms with Crippen molar-refractivity contribution in [3.05, 3.63) is 27.8 Å². The van der Waals surface area contributed by atoms with Gasteiger partial charge >= 0.3 is 0 Å². The molecule has 3 N–H and O–H groups in total. The van der Waals surface area contributed by atoms with Gasteiger partial charge in [0.25, 0.3) is 5.69 Å². The van der Waals surface area contributed by atoms with Gasteiger partial charge in [0.05, 0.1) is 9.91 Å². The molecule has 5 nitrogen and oxygen atoms in total. The quantitative estimate of drug-likeness (QED) is 0.357. The summed E-state index contributed by atoms with van der Waals surface area (Å²) in [5, 5.41) is 13.7. The fraction of sp³-hybridized carbons (Fsp3) is 0.300. The number of hydrogen-bond acceptors (Lipinski definition) is 4. The number of nitro groups is 1. The van der Waals surface area contributed by atoms with E-state index in [2.05, 4.69) is 5.32 Å². The van der Waals surface area contributed by atoms with Crippen molar-refractivity contribution in [1.82, 2.24) is 0 Å². The van der Waals surface area contributed by atoms with Crippen LogP contribution in [0.1, 0.15) is 24.8 Å². The lowest BCUT2D eigenvalue weighted by molar-refractivity contribution is -0.383. The molecule has 16 heavy (non-hydrogen) atoms. The average Bonchev–Trinajstić information content (AvgIpc) is 2.51. The fourth-order valence-corrected chi connectivity index (χ4v) is 2.35. The number of hydrogen-bond donors (Lipinski definition) is 2. The zero-order valence-corrected chi connectivity index (χ0v) is 9.50. The lowest BCUT2D eigenvalue weighted by Gasteiger charge is -2.07. The predicted octanol–water partition coefficient (Wildman–Crippen LogP) is 2.42. The highest BCUT2D eigenvalue weighted by molar-refractivity contribution is 7.80. The van der Waals surface area contributed by atoms with Crippen LogP contribution in [0, 0.1) is 10.1 Å². The van der Waals surface area contributed by atoms with Crippen LogP contribution in [0.4, 0.5) is 17.1 Å². The first-order valence-electron chi connectivity index (χ1n) is 4.93. The zero-order chi connectivity index (χ0) is 11.9. The maximum absolute atomic E-state index is 10.7. The van der Waals surface area contributed by atoms with Crippen molar-refractivity contribution in [2.75, 3.05) is 11.1 Å². The number of benzene rings is 1. The van der Waals surface area contributed by atoms with E-state index in [1.54, 1.807) is 6.07 Å². The maximum Gasteiger partial charge on any atom is 0.294 e. The number of nitrogens with two attached hydrogens (primary N) is 1. The van der Waals surface area contributed by atoms with Gasteiger partial charge in [-0.1, -0.05) is 19.1 Å². The zero-order valence-electron chi connectivity index (χ0n) is 8.69. The smallest absolute Gasteiger partial charge is 0.294 e. The molecule has 0 bridgehead atoms. The number of rotatable bonds is 2. The normalized spacial score (nSPS) is 18.1. The highest BCUT2D eigenvalue weighted by Crippen LogP contribution is 2.40. The topological polar surface area (TPSA) is 81.2 Å². The summed E-state index contributed by atoms with van der Waals surface area (Å²) >= 11 is 5.18. The molecule has 84 valence electrons. The Hall–Kier alpha value is -1.69. The summed E-state index contributed by atoms with van der Waals surface area (Å²) in [6.07, 6.45) is 0.857. The Bertz CT molecular complexity index is 487. The van der Waals surface area contributed by atoms with Gasteiger partial charge in [-0.25, -0.2) is 0 Å². The minimum atomic E-state index is -0.486. The summed E-state index contributed by atoms with van der Waals surface area (Å²) in [4.78, 5) is 10.9. The molecule has 0 spiro atoms. The maximum atomic E-state index is 10.7.